The van der Waals surface area contributed by atoms with Crippen molar-refractivity contribution in [2.45, 2.75) is 18.8 Å². The van der Waals surface area contributed by atoms with Crippen LogP contribution in [0.5, 0.6) is 0 Å². The molecule has 19 heavy (non-hydrogen) atoms. The van der Waals surface area contributed by atoms with Gasteiger partial charge in [-0.15, -0.1) is 0 Å². The minimum atomic E-state index is -0.815. The molecule has 0 saturated carbocycles. The molecule has 0 amide bonds. The molecule has 0 aliphatic heterocycles. The summed E-state index contributed by atoms with van der Waals surface area (Å²) in [4.78, 5) is 15.6. The standard InChI is InChI=1S/C13H12N2O3S/c16-13(17)10-4-2-1-3-9(10)12-14-11(15-18-12)8-5-6-19-7-8/h1-2,5-7,9-10H,3-4H2,(H,16,17). The Labute approximate surface area is 113 Å². The molecule has 1 N–H and O–H groups in total. The fourth-order valence-corrected chi connectivity index (χ4v) is 2.89. The van der Waals surface area contributed by atoms with Crippen molar-refractivity contribution in [2.24, 2.45) is 5.92 Å². The van der Waals surface area contributed by atoms with Crippen molar-refractivity contribution in [1.82, 2.24) is 10.1 Å². The monoisotopic (exact) mass is 276 g/mol. The Kier molecular flexibility index (Phi) is 3.16. The maximum absolute atomic E-state index is 11.3. The Morgan fingerprint density at radius 1 is 1.42 bits per heavy atom. The molecule has 0 fully saturated rings. The van der Waals surface area contributed by atoms with E-state index in [-0.39, 0.29) is 5.92 Å². The molecule has 0 spiro atoms. The molecule has 0 aromatic carbocycles. The number of hydrogen-bond donors (Lipinski definition) is 1. The number of carbonyl (C=O) groups is 1. The second kappa shape index (κ2) is 4.97. The molecule has 0 bridgehead atoms. The van der Waals surface area contributed by atoms with Crippen molar-refractivity contribution in [1.29, 1.82) is 0 Å². The molecular weight excluding hydrogens is 264 g/mol. The van der Waals surface area contributed by atoms with Gasteiger partial charge in [0.05, 0.1) is 11.8 Å². The number of carboxylic acid groups (broad SMARTS) is 1. The third-order valence-electron chi connectivity index (χ3n) is 3.29. The zero-order chi connectivity index (χ0) is 13.2. The van der Waals surface area contributed by atoms with Crippen molar-refractivity contribution in [3.05, 3.63) is 34.9 Å². The van der Waals surface area contributed by atoms with E-state index in [1.54, 1.807) is 11.3 Å². The van der Waals surface area contributed by atoms with Crippen molar-refractivity contribution in [3.63, 3.8) is 0 Å². The summed E-state index contributed by atoms with van der Waals surface area (Å²) in [7, 11) is 0. The largest absolute Gasteiger partial charge is 0.481 e. The quantitative estimate of drug-likeness (QED) is 0.872. The summed E-state index contributed by atoms with van der Waals surface area (Å²) in [6.45, 7) is 0. The fraction of sp³-hybridized carbons (Fsp3) is 0.308. The number of hydrogen-bond acceptors (Lipinski definition) is 5. The van der Waals surface area contributed by atoms with E-state index in [1.165, 1.54) is 0 Å². The number of carboxylic acids is 1. The molecule has 1 aliphatic carbocycles. The first-order chi connectivity index (χ1) is 9.25. The van der Waals surface area contributed by atoms with Gasteiger partial charge in [-0.05, 0) is 24.3 Å². The number of rotatable bonds is 3. The molecule has 98 valence electrons. The van der Waals surface area contributed by atoms with Gasteiger partial charge in [0.25, 0.3) is 0 Å². The Balaban J connectivity index is 1.89. The summed E-state index contributed by atoms with van der Waals surface area (Å²) < 4.78 is 5.25. The van der Waals surface area contributed by atoms with E-state index in [0.29, 0.717) is 24.6 Å². The second-order valence-electron chi connectivity index (χ2n) is 4.46. The third-order valence-corrected chi connectivity index (χ3v) is 3.97. The predicted molar refractivity (Wildman–Crippen MR) is 69.9 cm³/mol. The number of nitrogens with zero attached hydrogens (tertiary/aromatic N) is 2. The second-order valence-corrected chi connectivity index (χ2v) is 5.24. The Morgan fingerprint density at radius 3 is 3.00 bits per heavy atom. The lowest BCUT2D eigenvalue weighted by Gasteiger charge is -2.21. The summed E-state index contributed by atoms with van der Waals surface area (Å²) in [5.41, 5.74) is 0.901. The van der Waals surface area contributed by atoms with Crippen molar-refractivity contribution in [2.75, 3.05) is 0 Å². The number of thiophene rings is 1. The zero-order valence-electron chi connectivity index (χ0n) is 10.0. The van der Waals surface area contributed by atoms with Crippen LogP contribution in [-0.4, -0.2) is 21.2 Å². The van der Waals surface area contributed by atoms with Crippen molar-refractivity contribution < 1.29 is 14.4 Å². The molecular formula is C13H12N2O3S. The SMILES string of the molecule is O=C(O)C1CC=CCC1c1nc(-c2ccsc2)no1. The highest BCUT2D eigenvalue weighted by Gasteiger charge is 2.33. The van der Waals surface area contributed by atoms with Crippen LogP contribution in [0.1, 0.15) is 24.7 Å². The van der Waals surface area contributed by atoms with E-state index in [1.807, 2.05) is 29.0 Å². The highest BCUT2D eigenvalue weighted by Crippen LogP contribution is 2.34. The summed E-state index contributed by atoms with van der Waals surface area (Å²) >= 11 is 1.56. The zero-order valence-corrected chi connectivity index (χ0v) is 10.8. The summed E-state index contributed by atoms with van der Waals surface area (Å²) in [5, 5.41) is 17.0. The van der Waals surface area contributed by atoms with Gasteiger partial charge < -0.3 is 9.63 Å². The van der Waals surface area contributed by atoms with Gasteiger partial charge in [-0.3, -0.25) is 4.79 Å². The van der Waals surface area contributed by atoms with Gasteiger partial charge >= 0.3 is 5.97 Å². The minimum absolute atomic E-state index is 0.234. The van der Waals surface area contributed by atoms with Crippen LogP contribution in [-0.2, 0) is 4.79 Å². The normalized spacial score (nSPS) is 22.5. The van der Waals surface area contributed by atoms with Crippen LogP contribution in [0.2, 0.25) is 0 Å². The Bertz CT molecular complexity index is 603. The van der Waals surface area contributed by atoms with Crippen LogP contribution in [0.3, 0.4) is 0 Å². The molecule has 6 heteroatoms. The van der Waals surface area contributed by atoms with Gasteiger partial charge in [0, 0.05) is 10.9 Å². The molecule has 2 heterocycles. The van der Waals surface area contributed by atoms with E-state index in [4.69, 9.17) is 4.52 Å². The third kappa shape index (κ3) is 2.31. The van der Waals surface area contributed by atoms with E-state index in [9.17, 15) is 9.90 Å². The number of aliphatic carboxylic acids is 1. The molecule has 2 unspecified atom stereocenters. The maximum atomic E-state index is 11.3. The Hall–Kier alpha value is -1.95. The molecule has 0 saturated heterocycles. The van der Waals surface area contributed by atoms with Gasteiger partial charge in [-0.25, -0.2) is 0 Å². The molecule has 1 aliphatic rings. The lowest BCUT2D eigenvalue weighted by atomic mass is 9.83. The van der Waals surface area contributed by atoms with E-state index in [2.05, 4.69) is 10.1 Å². The van der Waals surface area contributed by atoms with Gasteiger partial charge in [0.1, 0.15) is 0 Å². The average molecular weight is 276 g/mol. The van der Waals surface area contributed by atoms with Crippen molar-refractivity contribution in [3.8, 4) is 11.4 Å². The minimum Gasteiger partial charge on any atom is -0.481 e. The van der Waals surface area contributed by atoms with E-state index in [0.717, 1.165) is 5.56 Å². The number of allylic oxidation sites excluding steroid dienone is 2. The highest BCUT2D eigenvalue weighted by atomic mass is 32.1. The molecule has 5 nitrogen and oxygen atoms in total. The lowest BCUT2D eigenvalue weighted by molar-refractivity contribution is -0.142. The Morgan fingerprint density at radius 2 is 2.26 bits per heavy atom. The summed E-state index contributed by atoms with van der Waals surface area (Å²) in [6, 6.07) is 1.91. The molecule has 2 aromatic rings. The van der Waals surface area contributed by atoms with Gasteiger partial charge in [-0.2, -0.15) is 16.3 Å². The van der Waals surface area contributed by atoms with Gasteiger partial charge in [0.15, 0.2) is 0 Å². The van der Waals surface area contributed by atoms with Crippen LogP contribution in [0, 0.1) is 5.92 Å². The summed E-state index contributed by atoms with van der Waals surface area (Å²) in [5.74, 6) is -0.597. The first-order valence-corrected chi connectivity index (χ1v) is 6.94. The summed E-state index contributed by atoms with van der Waals surface area (Å²) in [6.07, 6.45) is 5.00. The molecule has 2 aromatic heterocycles. The first kappa shape index (κ1) is 12.1. The van der Waals surface area contributed by atoms with Crippen LogP contribution >= 0.6 is 11.3 Å². The van der Waals surface area contributed by atoms with Crippen LogP contribution in [0.15, 0.2) is 33.5 Å². The van der Waals surface area contributed by atoms with E-state index >= 15 is 0 Å². The predicted octanol–water partition coefficient (Wildman–Crippen LogP) is 2.93. The van der Waals surface area contributed by atoms with Crippen LogP contribution in [0.4, 0.5) is 0 Å². The molecule has 0 radical (unpaired) electrons. The highest BCUT2D eigenvalue weighted by molar-refractivity contribution is 7.08. The smallest absolute Gasteiger partial charge is 0.307 e. The lowest BCUT2D eigenvalue weighted by Crippen LogP contribution is -2.23. The first-order valence-electron chi connectivity index (χ1n) is 5.99. The number of aromatic nitrogens is 2. The van der Waals surface area contributed by atoms with Crippen molar-refractivity contribution >= 4 is 17.3 Å². The maximum Gasteiger partial charge on any atom is 0.307 e. The van der Waals surface area contributed by atoms with Gasteiger partial charge in [0.2, 0.25) is 11.7 Å². The topological polar surface area (TPSA) is 76.2 Å². The van der Waals surface area contributed by atoms with E-state index < -0.39 is 11.9 Å². The van der Waals surface area contributed by atoms with Crippen LogP contribution in [0.25, 0.3) is 11.4 Å². The van der Waals surface area contributed by atoms with Crippen LogP contribution < -0.4 is 0 Å². The molecule has 2 atom stereocenters. The average Bonchev–Trinajstić information content (AvgIpc) is 3.09. The molecule has 3 rings (SSSR count). The van der Waals surface area contributed by atoms with Gasteiger partial charge in [-0.1, -0.05) is 17.3 Å². The fourth-order valence-electron chi connectivity index (χ4n) is 2.25.